The van der Waals surface area contributed by atoms with Crippen molar-refractivity contribution in [1.29, 1.82) is 0 Å². The van der Waals surface area contributed by atoms with Gasteiger partial charge in [-0.3, -0.25) is 4.68 Å². The molecular formula is C18H16F2N6S2. The minimum atomic E-state index is -0.867. The zero-order valence-electron chi connectivity index (χ0n) is 15.1. The number of halogens is 2. The summed E-state index contributed by atoms with van der Waals surface area (Å²) in [6, 6.07) is 5.85. The van der Waals surface area contributed by atoms with E-state index in [1.807, 2.05) is 19.2 Å². The Bertz CT molecular complexity index is 1100. The van der Waals surface area contributed by atoms with Crippen molar-refractivity contribution in [3.8, 4) is 0 Å². The van der Waals surface area contributed by atoms with Crippen LogP contribution in [0.4, 0.5) is 19.7 Å². The van der Waals surface area contributed by atoms with Gasteiger partial charge in [0.15, 0.2) is 17.5 Å². The molecule has 0 aliphatic rings. The molecule has 10 heteroatoms. The summed E-state index contributed by atoms with van der Waals surface area (Å²) in [5.74, 6) is -1.10. The van der Waals surface area contributed by atoms with Gasteiger partial charge in [0.25, 0.3) is 0 Å². The second-order valence-corrected chi connectivity index (χ2v) is 8.13. The fraction of sp³-hybridized carbons (Fsp3) is 0.222. The number of anilines is 2. The molecule has 3 heterocycles. The SMILES string of the molecule is Cc1csc(C(C)c2nnc(Nc3ccn(Cc4cccc(F)c4F)n3)s2)n1. The largest absolute Gasteiger partial charge is 0.313 e. The van der Waals surface area contributed by atoms with Crippen LogP contribution in [0.5, 0.6) is 0 Å². The topological polar surface area (TPSA) is 68.5 Å². The van der Waals surface area contributed by atoms with E-state index in [1.54, 1.807) is 23.6 Å². The minimum absolute atomic E-state index is 0.0697. The van der Waals surface area contributed by atoms with Crippen molar-refractivity contribution < 1.29 is 8.78 Å². The van der Waals surface area contributed by atoms with Gasteiger partial charge in [0.05, 0.1) is 12.5 Å². The van der Waals surface area contributed by atoms with E-state index in [0.717, 1.165) is 21.8 Å². The molecule has 144 valence electrons. The van der Waals surface area contributed by atoms with Crippen molar-refractivity contribution in [1.82, 2.24) is 25.0 Å². The molecule has 0 spiro atoms. The monoisotopic (exact) mass is 418 g/mol. The summed E-state index contributed by atoms with van der Waals surface area (Å²) in [4.78, 5) is 4.50. The number of nitrogens with zero attached hydrogens (tertiary/aromatic N) is 5. The van der Waals surface area contributed by atoms with Crippen LogP contribution in [0, 0.1) is 18.6 Å². The summed E-state index contributed by atoms with van der Waals surface area (Å²) in [6.07, 6.45) is 1.69. The molecule has 1 N–H and O–H groups in total. The number of aromatic nitrogens is 5. The Morgan fingerprint density at radius 2 is 2.04 bits per heavy atom. The van der Waals surface area contributed by atoms with Crippen molar-refractivity contribution >= 4 is 33.6 Å². The molecule has 1 aromatic carbocycles. The maximum absolute atomic E-state index is 13.8. The number of aryl methyl sites for hydroxylation is 1. The zero-order chi connectivity index (χ0) is 19.7. The van der Waals surface area contributed by atoms with Crippen molar-refractivity contribution in [2.45, 2.75) is 26.3 Å². The number of hydrogen-bond donors (Lipinski definition) is 1. The quantitative estimate of drug-likeness (QED) is 0.491. The molecule has 4 aromatic rings. The summed E-state index contributed by atoms with van der Waals surface area (Å²) >= 11 is 3.04. The molecule has 0 aliphatic heterocycles. The standard InChI is InChI=1S/C18H16F2N6S2/c1-10-9-27-16(21-10)11(2)17-23-24-18(28-17)22-14-6-7-26(25-14)8-12-4-3-5-13(19)15(12)20/h3-7,9,11H,8H2,1-2H3,(H,22,24,25). The molecule has 4 rings (SSSR count). The first-order chi connectivity index (χ1) is 13.5. The highest BCUT2D eigenvalue weighted by molar-refractivity contribution is 7.15. The van der Waals surface area contributed by atoms with E-state index < -0.39 is 11.6 Å². The van der Waals surface area contributed by atoms with Gasteiger partial charge in [0.1, 0.15) is 10.0 Å². The van der Waals surface area contributed by atoms with E-state index in [1.165, 1.54) is 28.2 Å². The predicted molar refractivity (Wildman–Crippen MR) is 105 cm³/mol. The van der Waals surface area contributed by atoms with Crippen molar-refractivity contribution in [3.05, 3.63) is 68.7 Å². The fourth-order valence-corrected chi connectivity index (χ4v) is 4.34. The van der Waals surface area contributed by atoms with Crippen LogP contribution in [-0.4, -0.2) is 25.0 Å². The second-order valence-electron chi connectivity index (χ2n) is 6.23. The average Bonchev–Trinajstić information content (AvgIpc) is 3.41. The molecule has 1 atom stereocenters. The predicted octanol–water partition coefficient (Wildman–Crippen LogP) is 4.72. The van der Waals surface area contributed by atoms with Crippen LogP contribution < -0.4 is 5.32 Å². The lowest BCUT2D eigenvalue weighted by Crippen LogP contribution is -2.04. The highest BCUT2D eigenvalue weighted by atomic mass is 32.1. The van der Waals surface area contributed by atoms with Crippen LogP contribution in [0.2, 0.25) is 0 Å². The average molecular weight is 418 g/mol. The van der Waals surface area contributed by atoms with Crippen LogP contribution in [0.15, 0.2) is 35.8 Å². The third kappa shape index (κ3) is 3.92. The lowest BCUT2D eigenvalue weighted by molar-refractivity contribution is 0.492. The lowest BCUT2D eigenvalue weighted by Gasteiger charge is -2.04. The summed E-state index contributed by atoms with van der Waals surface area (Å²) in [5.41, 5.74) is 1.23. The van der Waals surface area contributed by atoms with E-state index in [-0.39, 0.29) is 18.0 Å². The van der Waals surface area contributed by atoms with Crippen LogP contribution in [0.1, 0.15) is 34.1 Å². The first-order valence-electron chi connectivity index (χ1n) is 8.48. The van der Waals surface area contributed by atoms with Crippen molar-refractivity contribution in [3.63, 3.8) is 0 Å². The number of thiazole rings is 1. The molecule has 0 radical (unpaired) electrons. The Labute approximate surface area is 167 Å². The van der Waals surface area contributed by atoms with Gasteiger partial charge >= 0.3 is 0 Å². The van der Waals surface area contributed by atoms with E-state index >= 15 is 0 Å². The third-order valence-electron chi connectivity index (χ3n) is 4.06. The van der Waals surface area contributed by atoms with Gasteiger partial charge in [-0.1, -0.05) is 23.5 Å². The van der Waals surface area contributed by atoms with Crippen LogP contribution in [0.3, 0.4) is 0 Å². The molecule has 0 aliphatic carbocycles. The van der Waals surface area contributed by atoms with E-state index in [2.05, 4.69) is 25.6 Å². The van der Waals surface area contributed by atoms with Crippen LogP contribution >= 0.6 is 22.7 Å². The Morgan fingerprint density at radius 1 is 1.18 bits per heavy atom. The third-order valence-corrected chi connectivity index (χ3v) is 6.22. The summed E-state index contributed by atoms with van der Waals surface area (Å²) in [5, 5.41) is 20.3. The van der Waals surface area contributed by atoms with Gasteiger partial charge in [0.2, 0.25) is 5.13 Å². The van der Waals surface area contributed by atoms with Gasteiger partial charge in [0, 0.05) is 28.9 Å². The number of hydrogen-bond acceptors (Lipinski definition) is 7. The smallest absolute Gasteiger partial charge is 0.211 e. The van der Waals surface area contributed by atoms with Crippen LogP contribution in [0.25, 0.3) is 0 Å². The molecule has 6 nitrogen and oxygen atoms in total. The maximum atomic E-state index is 13.8. The second kappa shape index (κ2) is 7.72. The van der Waals surface area contributed by atoms with Gasteiger partial charge in [-0.25, -0.2) is 13.8 Å². The first-order valence-corrected chi connectivity index (χ1v) is 10.2. The number of benzene rings is 1. The molecule has 28 heavy (non-hydrogen) atoms. The van der Waals surface area contributed by atoms with Gasteiger partial charge in [-0.2, -0.15) is 5.10 Å². The number of rotatable bonds is 6. The summed E-state index contributed by atoms with van der Waals surface area (Å²) in [7, 11) is 0. The molecule has 0 bridgehead atoms. The Kier molecular flexibility index (Phi) is 5.14. The van der Waals surface area contributed by atoms with Crippen molar-refractivity contribution in [2.75, 3.05) is 5.32 Å². The Balaban J connectivity index is 1.44. The zero-order valence-corrected chi connectivity index (χ0v) is 16.7. The minimum Gasteiger partial charge on any atom is -0.313 e. The number of nitrogens with one attached hydrogen (secondary N) is 1. The fourth-order valence-electron chi connectivity index (χ4n) is 2.61. The van der Waals surface area contributed by atoms with Gasteiger partial charge < -0.3 is 5.32 Å². The van der Waals surface area contributed by atoms with E-state index in [9.17, 15) is 8.78 Å². The van der Waals surface area contributed by atoms with Crippen LogP contribution in [-0.2, 0) is 6.54 Å². The molecule has 1 unspecified atom stereocenters. The highest BCUT2D eigenvalue weighted by Gasteiger charge is 2.17. The lowest BCUT2D eigenvalue weighted by atomic mass is 10.2. The molecule has 0 fully saturated rings. The normalized spacial score (nSPS) is 12.3. The first kappa shape index (κ1) is 18.6. The highest BCUT2D eigenvalue weighted by Crippen LogP contribution is 2.31. The van der Waals surface area contributed by atoms with E-state index in [4.69, 9.17) is 0 Å². The summed E-state index contributed by atoms with van der Waals surface area (Å²) in [6.45, 7) is 4.14. The van der Waals surface area contributed by atoms with Gasteiger partial charge in [-0.05, 0) is 19.9 Å². The molecule has 3 aromatic heterocycles. The molecule has 0 saturated heterocycles. The molecule has 0 saturated carbocycles. The van der Waals surface area contributed by atoms with E-state index in [0.29, 0.717) is 10.9 Å². The Hall–Kier alpha value is -2.72. The van der Waals surface area contributed by atoms with Crippen molar-refractivity contribution in [2.24, 2.45) is 0 Å². The molecule has 0 amide bonds. The Morgan fingerprint density at radius 3 is 2.82 bits per heavy atom. The molecular weight excluding hydrogens is 402 g/mol. The maximum Gasteiger partial charge on any atom is 0.211 e. The summed E-state index contributed by atoms with van der Waals surface area (Å²) < 4.78 is 28.7. The van der Waals surface area contributed by atoms with Gasteiger partial charge in [-0.15, -0.1) is 21.5 Å².